The summed E-state index contributed by atoms with van der Waals surface area (Å²) in [5.74, 6) is -0.963. The van der Waals surface area contributed by atoms with E-state index in [-0.39, 0.29) is 16.8 Å². The van der Waals surface area contributed by atoms with Crippen molar-refractivity contribution in [3.05, 3.63) is 0 Å². The van der Waals surface area contributed by atoms with Gasteiger partial charge < -0.3 is 10.8 Å². The predicted molar refractivity (Wildman–Crippen MR) is 21.3 cm³/mol. The Labute approximate surface area is 52.1 Å². The van der Waals surface area contributed by atoms with Crippen molar-refractivity contribution >= 4 is 5.97 Å². The van der Waals surface area contributed by atoms with E-state index in [1.165, 1.54) is 6.92 Å². The third kappa shape index (κ3) is 5.94. The first-order valence-electron chi connectivity index (χ1n) is 1.63. The fraction of sp³-hybridized carbons (Fsp3) is 0.667. The van der Waals surface area contributed by atoms with Crippen LogP contribution in [0.1, 0.15) is 6.92 Å². The Balaban J connectivity index is 0. The molecular formula is C3H7CoNO2. The van der Waals surface area contributed by atoms with Crippen LogP contribution in [0.4, 0.5) is 0 Å². The van der Waals surface area contributed by atoms with Gasteiger partial charge >= 0.3 is 5.97 Å². The number of carboxylic acids is 1. The van der Waals surface area contributed by atoms with E-state index in [0.717, 1.165) is 0 Å². The van der Waals surface area contributed by atoms with Gasteiger partial charge in [-0.1, -0.05) is 0 Å². The summed E-state index contributed by atoms with van der Waals surface area (Å²) in [6.07, 6.45) is 0. The van der Waals surface area contributed by atoms with Crippen LogP contribution in [0.3, 0.4) is 0 Å². The molecule has 0 fully saturated rings. The van der Waals surface area contributed by atoms with Gasteiger partial charge in [-0.05, 0) is 6.92 Å². The zero-order chi connectivity index (χ0) is 5.15. The second-order valence-corrected chi connectivity index (χ2v) is 1.13. The topological polar surface area (TPSA) is 63.3 Å². The first-order chi connectivity index (χ1) is 2.64. The van der Waals surface area contributed by atoms with E-state index in [2.05, 4.69) is 0 Å². The molecule has 0 aromatic carbocycles. The Bertz CT molecular complexity index is 64.0. The zero-order valence-electron chi connectivity index (χ0n) is 3.84. The Kier molecular flexibility index (Phi) is 5.88. The molecule has 0 saturated carbocycles. The van der Waals surface area contributed by atoms with Gasteiger partial charge in [0.25, 0.3) is 0 Å². The second-order valence-electron chi connectivity index (χ2n) is 1.13. The number of aliphatic carboxylic acids is 1. The molecule has 0 heterocycles. The number of rotatable bonds is 1. The van der Waals surface area contributed by atoms with Gasteiger partial charge in [-0.2, -0.15) is 0 Å². The SMILES string of the molecule is CC(N)C(=O)O.[Co]. The van der Waals surface area contributed by atoms with Gasteiger partial charge in [0.15, 0.2) is 0 Å². The summed E-state index contributed by atoms with van der Waals surface area (Å²) in [5, 5.41) is 7.87. The molecule has 0 aromatic rings. The van der Waals surface area contributed by atoms with E-state index in [9.17, 15) is 4.79 Å². The monoisotopic (exact) mass is 148 g/mol. The second kappa shape index (κ2) is 4.10. The third-order valence-corrected chi connectivity index (χ3v) is 0.390. The number of nitrogens with two attached hydrogens (primary N) is 1. The van der Waals surface area contributed by atoms with Crippen molar-refractivity contribution < 1.29 is 26.7 Å². The smallest absolute Gasteiger partial charge is 0.320 e. The first kappa shape index (κ1) is 10.0. The Morgan fingerprint density at radius 2 is 2.00 bits per heavy atom. The number of hydrogen-bond acceptors (Lipinski definition) is 2. The Morgan fingerprint density at radius 3 is 2.00 bits per heavy atom. The molecule has 0 spiro atoms. The summed E-state index contributed by atoms with van der Waals surface area (Å²) >= 11 is 0. The van der Waals surface area contributed by atoms with Crippen LogP contribution in [0.2, 0.25) is 0 Å². The molecule has 0 amide bonds. The van der Waals surface area contributed by atoms with Crippen LogP contribution in [0.5, 0.6) is 0 Å². The maximum Gasteiger partial charge on any atom is 0.320 e. The normalized spacial score (nSPS) is 11.7. The summed E-state index contributed by atoms with van der Waals surface area (Å²) in [4.78, 5) is 9.57. The molecule has 45 valence electrons. The molecular weight excluding hydrogens is 141 g/mol. The molecule has 7 heavy (non-hydrogen) atoms. The van der Waals surface area contributed by atoms with E-state index in [0.29, 0.717) is 0 Å². The van der Waals surface area contributed by atoms with Gasteiger partial charge in [0.05, 0.1) is 0 Å². The van der Waals surface area contributed by atoms with Crippen LogP contribution in [-0.2, 0) is 21.6 Å². The standard InChI is InChI=1S/C3H7NO2.Co/c1-2(4)3(5)6;/h2H,4H2,1H3,(H,5,6);. The summed E-state index contributed by atoms with van der Waals surface area (Å²) in [6.45, 7) is 1.42. The molecule has 1 unspecified atom stereocenters. The minimum Gasteiger partial charge on any atom is -0.480 e. The third-order valence-electron chi connectivity index (χ3n) is 0.390. The van der Waals surface area contributed by atoms with Crippen molar-refractivity contribution in [3.63, 3.8) is 0 Å². The molecule has 0 bridgehead atoms. The summed E-state index contributed by atoms with van der Waals surface area (Å²) in [6, 6.07) is -0.731. The van der Waals surface area contributed by atoms with Gasteiger partial charge in [0.1, 0.15) is 6.04 Å². The average molecular weight is 148 g/mol. The van der Waals surface area contributed by atoms with Crippen LogP contribution in [0, 0.1) is 0 Å². The van der Waals surface area contributed by atoms with E-state index in [1.54, 1.807) is 0 Å². The molecule has 1 radical (unpaired) electrons. The molecule has 0 aromatic heterocycles. The van der Waals surface area contributed by atoms with Gasteiger partial charge in [-0.3, -0.25) is 4.79 Å². The Morgan fingerprint density at radius 1 is 1.86 bits per heavy atom. The van der Waals surface area contributed by atoms with Crippen LogP contribution in [0.25, 0.3) is 0 Å². The Hall–Kier alpha value is -0.0635. The molecule has 3 N–H and O–H groups in total. The van der Waals surface area contributed by atoms with Crippen molar-refractivity contribution in [2.24, 2.45) is 5.73 Å². The maximum atomic E-state index is 9.57. The van der Waals surface area contributed by atoms with Gasteiger partial charge in [-0.15, -0.1) is 0 Å². The van der Waals surface area contributed by atoms with Crippen LogP contribution < -0.4 is 5.73 Å². The summed E-state index contributed by atoms with van der Waals surface area (Å²) in [5.41, 5.74) is 4.84. The predicted octanol–water partition coefficient (Wildman–Crippen LogP) is -0.584. The largest absolute Gasteiger partial charge is 0.480 e. The van der Waals surface area contributed by atoms with Crippen molar-refractivity contribution in [2.45, 2.75) is 13.0 Å². The van der Waals surface area contributed by atoms with Gasteiger partial charge in [0.2, 0.25) is 0 Å². The van der Waals surface area contributed by atoms with E-state index < -0.39 is 12.0 Å². The molecule has 0 aliphatic heterocycles. The van der Waals surface area contributed by atoms with Crippen molar-refractivity contribution in [2.75, 3.05) is 0 Å². The quantitative estimate of drug-likeness (QED) is 0.522. The van der Waals surface area contributed by atoms with E-state index >= 15 is 0 Å². The van der Waals surface area contributed by atoms with Crippen molar-refractivity contribution in [1.29, 1.82) is 0 Å². The molecule has 0 saturated heterocycles. The molecule has 3 nitrogen and oxygen atoms in total. The van der Waals surface area contributed by atoms with Crippen LogP contribution >= 0.6 is 0 Å². The molecule has 0 rings (SSSR count). The molecule has 4 heteroatoms. The molecule has 0 aliphatic rings. The number of carboxylic acid groups (broad SMARTS) is 1. The van der Waals surface area contributed by atoms with E-state index in [1.807, 2.05) is 0 Å². The van der Waals surface area contributed by atoms with E-state index in [4.69, 9.17) is 10.8 Å². The summed E-state index contributed by atoms with van der Waals surface area (Å²) < 4.78 is 0. The minimum atomic E-state index is -0.963. The van der Waals surface area contributed by atoms with Crippen LogP contribution in [-0.4, -0.2) is 17.1 Å². The van der Waals surface area contributed by atoms with Crippen molar-refractivity contribution in [3.8, 4) is 0 Å². The van der Waals surface area contributed by atoms with Crippen molar-refractivity contribution in [1.82, 2.24) is 0 Å². The minimum absolute atomic E-state index is 0. The van der Waals surface area contributed by atoms with Crippen LogP contribution in [0.15, 0.2) is 0 Å². The fourth-order valence-corrected chi connectivity index (χ4v) is 0. The number of hydrogen-bond donors (Lipinski definition) is 2. The fourth-order valence-electron chi connectivity index (χ4n) is 0. The average Bonchev–Trinajstić information content (AvgIpc) is 1.36. The zero-order valence-corrected chi connectivity index (χ0v) is 4.88. The maximum absolute atomic E-state index is 9.57. The molecule has 0 aliphatic carbocycles. The summed E-state index contributed by atoms with van der Waals surface area (Å²) in [7, 11) is 0. The molecule has 1 atom stereocenters. The van der Waals surface area contributed by atoms with Gasteiger partial charge in [0, 0.05) is 16.8 Å². The number of carbonyl (C=O) groups is 1. The van der Waals surface area contributed by atoms with Gasteiger partial charge in [-0.25, -0.2) is 0 Å². The first-order valence-corrected chi connectivity index (χ1v) is 1.63.